The van der Waals surface area contributed by atoms with Crippen molar-refractivity contribution in [3.8, 4) is 5.75 Å². The Labute approximate surface area is 80.3 Å². The summed E-state index contributed by atoms with van der Waals surface area (Å²) >= 11 is 0. The predicted octanol–water partition coefficient (Wildman–Crippen LogP) is 0.776. The molecular formula is C9H9NO4. The van der Waals surface area contributed by atoms with Gasteiger partial charge in [-0.1, -0.05) is 0 Å². The van der Waals surface area contributed by atoms with Crippen LogP contribution < -0.4 is 0 Å². The molecular weight excluding hydrogens is 186 g/mol. The quantitative estimate of drug-likeness (QED) is 0.557. The van der Waals surface area contributed by atoms with Gasteiger partial charge in [-0.2, -0.15) is 0 Å². The van der Waals surface area contributed by atoms with Gasteiger partial charge in [-0.15, -0.1) is 0 Å². The Bertz CT molecular complexity index is 386. The Morgan fingerprint density at radius 2 is 2.14 bits per heavy atom. The minimum absolute atomic E-state index is 0.197. The molecule has 0 radical (unpaired) electrons. The number of rotatable bonds is 2. The maximum absolute atomic E-state index is 11.0. The third-order valence-corrected chi connectivity index (χ3v) is 1.65. The molecule has 0 aliphatic heterocycles. The number of Topliss-reactive ketones (excluding diaryl/α,β-unsaturated/α-hetero) is 1. The van der Waals surface area contributed by atoms with Gasteiger partial charge in [0.25, 0.3) is 0 Å². The molecule has 0 amide bonds. The van der Waals surface area contributed by atoms with Gasteiger partial charge in [0, 0.05) is 11.8 Å². The van der Waals surface area contributed by atoms with Gasteiger partial charge in [-0.3, -0.25) is 4.79 Å². The molecule has 1 aromatic rings. The third-order valence-electron chi connectivity index (χ3n) is 1.65. The van der Waals surface area contributed by atoms with E-state index < -0.39 is 5.97 Å². The van der Waals surface area contributed by atoms with E-state index in [0.717, 1.165) is 0 Å². The fraction of sp³-hybridized carbons (Fsp3) is 0.222. The van der Waals surface area contributed by atoms with Crippen LogP contribution in [0.3, 0.4) is 0 Å². The molecule has 5 nitrogen and oxygen atoms in total. The highest BCUT2D eigenvalue weighted by molar-refractivity contribution is 5.96. The molecule has 0 saturated heterocycles. The highest BCUT2D eigenvalue weighted by Gasteiger charge is 2.14. The summed E-state index contributed by atoms with van der Waals surface area (Å²) in [7, 11) is 1.18. The van der Waals surface area contributed by atoms with Crippen molar-refractivity contribution in [2.24, 2.45) is 0 Å². The number of esters is 1. The molecule has 1 N–H and O–H groups in total. The topological polar surface area (TPSA) is 76.5 Å². The lowest BCUT2D eigenvalue weighted by molar-refractivity contribution is 0.0590. The highest BCUT2D eigenvalue weighted by Crippen LogP contribution is 2.16. The Kier molecular flexibility index (Phi) is 2.81. The van der Waals surface area contributed by atoms with Crippen LogP contribution in [0.25, 0.3) is 0 Å². The first-order valence-corrected chi connectivity index (χ1v) is 3.84. The zero-order chi connectivity index (χ0) is 10.7. The second kappa shape index (κ2) is 3.87. The van der Waals surface area contributed by atoms with Crippen LogP contribution in [-0.2, 0) is 4.74 Å². The molecule has 0 fully saturated rings. The highest BCUT2D eigenvalue weighted by atomic mass is 16.5. The van der Waals surface area contributed by atoms with Gasteiger partial charge < -0.3 is 9.84 Å². The summed E-state index contributed by atoms with van der Waals surface area (Å²) in [4.78, 5) is 25.5. The van der Waals surface area contributed by atoms with E-state index in [1.807, 2.05) is 0 Å². The van der Waals surface area contributed by atoms with Gasteiger partial charge in [-0.25, -0.2) is 9.78 Å². The Hall–Kier alpha value is -1.91. The average molecular weight is 195 g/mol. The summed E-state index contributed by atoms with van der Waals surface area (Å²) in [5.41, 5.74) is 0.0488. The SMILES string of the molecule is COC(=O)c1ncc(C(C)=O)cc1O. The second-order valence-corrected chi connectivity index (χ2v) is 2.64. The molecule has 0 bridgehead atoms. The standard InChI is InChI=1S/C9H9NO4/c1-5(11)6-3-7(12)8(10-4-6)9(13)14-2/h3-4,12H,1-2H3. The molecule has 5 heteroatoms. The maximum Gasteiger partial charge on any atom is 0.360 e. The lowest BCUT2D eigenvalue weighted by Gasteiger charge is -2.02. The monoisotopic (exact) mass is 195 g/mol. The molecule has 1 aromatic heterocycles. The number of carbonyl (C=O) groups is 2. The van der Waals surface area contributed by atoms with E-state index in [1.54, 1.807) is 0 Å². The summed E-state index contributed by atoms with van der Waals surface area (Å²) in [5, 5.41) is 9.33. The van der Waals surface area contributed by atoms with Crippen LogP contribution in [0.15, 0.2) is 12.3 Å². The zero-order valence-electron chi connectivity index (χ0n) is 7.77. The fourth-order valence-corrected chi connectivity index (χ4v) is 0.900. The van der Waals surface area contributed by atoms with Crippen molar-refractivity contribution in [2.75, 3.05) is 7.11 Å². The molecule has 0 aromatic carbocycles. The van der Waals surface area contributed by atoms with E-state index in [9.17, 15) is 14.7 Å². The molecule has 1 heterocycles. The van der Waals surface area contributed by atoms with Gasteiger partial charge in [0.15, 0.2) is 11.5 Å². The maximum atomic E-state index is 11.0. The number of ether oxygens (including phenoxy) is 1. The molecule has 74 valence electrons. The molecule has 0 atom stereocenters. The number of aromatic nitrogens is 1. The smallest absolute Gasteiger partial charge is 0.360 e. The Morgan fingerprint density at radius 3 is 2.57 bits per heavy atom. The third kappa shape index (κ3) is 1.87. The molecule has 1 rings (SSSR count). The van der Waals surface area contributed by atoms with E-state index in [0.29, 0.717) is 0 Å². The molecule has 0 aliphatic carbocycles. The Morgan fingerprint density at radius 1 is 1.50 bits per heavy atom. The van der Waals surface area contributed by atoms with Crippen molar-refractivity contribution in [1.29, 1.82) is 0 Å². The van der Waals surface area contributed by atoms with Crippen LogP contribution in [0.1, 0.15) is 27.8 Å². The number of methoxy groups -OCH3 is 1. The van der Waals surface area contributed by atoms with Gasteiger partial charge in [-0.05, 0) is 13.0 Å². The van der Waals surface area contributed by atoms with Gasteiger partial charge in [0.05, 0.1) is 7.11 Å². The second-order valence-electron chi connectivity index (χ2n) is 2.64. The van der Waals surface area contributed by atoms with Crippen LogP contribution >= 0.6 is 0 Å². The van der Waals surface area contributed by atoms with Crippen molar-refractivity contribution in [1.82, 2.24) is 4.98 Å². The normalized spacial score (nSPS) is 9.57. The largest absolute Gasteiger partial charge is 0.505 e. The van der Waals surface area contributed by atoms with E-state index in [1.165, 1.54) is 26.3 Å². The number of carbonyl (C=O) groups excluding carboxylic acids is 2. The van der Waals surface area contributed by atoms with Crippen LogP contribution in [0, 0.1) is 0 Å². The Balaban J connectivity index is 3.14. The predicted molar refractivity (Wildman–Crippen MR) is 47.2 cm³/mol. The van der Waals surface area contributed by atoms with Gasteiger partial charge >= 0.3 is 5.97 Å². The number of aromatic hydroxyl groups is 1. The number of pyridine rings is 1. The fourth-order valence-electron chi connectivity index (χ4n) is 0.900. The summed E-state index contributed by atoms with van der Waals surface area (Å²) < 4.78 is 4.37. The van der Waals surface area contributed by atoms with E-state index in [2.05, 4.69) is 9.72 Å². The van der Waals surface area contributed by atoms with E-state index >= 15 is 0 Å². The lowest BCUT2D eigenvalue weighted by atomic mass is 10.2. The lowest BCUT2D eigenvalue weighted by Crippen LogP contribution is -2.06. The van der Waals surface area contributed by atoms with Crippen molar-refractivity contribution in [3.05, 3.63) is 23.5 Å². The van der Waals surface area contributed by atoms with Crippen LogP contribution in [0.5, 0.6) is 5.75 Å². The van der Waals surface area contributed by atoms with Crippen molar-refractivity contribution in [2.45, 2.75) is 6.92 Å². The average Bonchev–Trinajstić information content (AvgIpc) is 2.16. The van der Waals surface area contributed by atoms with Crippen LogP contribution in [0.2, 0.25) is 0 Å². The number of nitrogens with zero attached hydrogens (tertiary/aromatic N) is 1. The molecule has 14 heavy (non-hydrogen) atoms. The van der Waals surface area contributed by atoms with Gasteiger partial charge in [0.1, 0.15) is 5.75 Å². The summed E-state index contributed by atoms with van der Waals surface area (Å²) in [6.45, 7) is 1.34. The van der Waals surface area contributed by atoms with E-state index in [4.69, 9.17) is 0 Å². The molecule has 0 spiro atoms. The molecule has 0 aliphatic rings. The van der Waals surface area contributed by atoms with Crippen molar-refractivity contribution < 1.29 is 19.4 Å². The summed E-state index contributed by atoms with van der Waals surface area (Å²) in [6, 6.07) is 1.18. The summed E-state index contributed by atoms with van der Waals surface area (Å²) in [6.07, 6.45) is 1.22. The van der Waals surface area contributed by atoms with Crippen molar-refractivity contribution >= 4 is 11.8 Å². The van der Waals surface area contributed by atoms with Crippen molar-refractivity contribution in [3.63, 3.8) is 0 Å². The number of hydrogen-bond donors (Lipinski definition) is 1. The first kappa shape index (κ1) is 10.2. The minimum atomic E-state index is -0.738. The first-order valence-electron chi connectivity index (χ1n) is 3.84. The molecule has 0 unspecified atom stereocenters. The zero-order valence-corrected chi connectivity index (χ0v) is 7.77. The van der Waals surface area contributed by atoms with Crippen LogP contribution in [-0.4, -0.2) is 29.0 Å². The number of hydrogen-bond acceptors (Lipinski definition) is 5. The first-order chi connectivity index (χ1) is 6.56. The van der Waals surface area contributed by atoms with Crippen LogP contribution in [0.4, 0.5) is 0 Å². The summed E-state index contributed by atoms with van der Waals surface area (Å²) in [5.74, 6) is -1.33. The molecule has 0 saturated carbocycles. The number of ketones is 1. The minimum Gasteiger partial charge on any atom is -0.505 e. The van der Waals surface area contributed by atoms with Gasteiger partial charge in [0.2, 0.25) is 0 Å². The van der Waals surface area contributed by atoms with E-state index in [-0.39, 0.29) is 22.8 Å².